The molecule has 0 bridgehead atoms. The van der Waals surface area contributed by atoms with Gasteiger partial charge in [0.1, 0.15) is 0 Å². The molecule has 1 amide bonds. The highest BCUT2D eigenvalue weighted by molar-refractivity contribution is 7.99. The lowest BCUT2D eigenvalue weighted by atomic mass is 10.00. The molecule has 2 aliphatic rings. The molecule has 0 radical (unpaired) electrons. The maximum atomic E-state index is 12.3. The average Bonchev–Trinajstić information content (AvgIpc) is 2.95. The molecule has 1 heterocycles. The fourth-order valence-electron chi connectivity index (χ4n) is 3.02. The van der Waals surface area contributed by atoms with Gasteiger partial charge in [-0.2, -0.15) is 0 Å². The predicted molar refractivity (Wildman–Crippen MR) is 74.9 cm³/mol. The standard InChI is InChI=1S/C15H19NOS/c1-10-6-7-11(8-10)16-15(17)13-9-18-14-5-3-2-4-12(13)14/h2-5,10-11,13H,6-9H2,1H3,(H,16,17). The summed E-state index contributed by atoms with van der Waals surface area (Å²) in [4.78, 5) is 13.6. The van der Waals surface area contributed by atoms with Crippen LogP contribution in [-0.4, -0.2) is 17.7 Å². The quantitative estimate of drug-likeness (QED) is 0.886. The molecule has 3 atom stereocenters. The van der Waals surface area contributed by atoms with Crippen LogP contribution in [0.3, 0.4) is 0 Å². The van der Waals surface area contributed by atoms with Crippen molar-refractivity contribution in [2.75, 3.05) is 5.75 Å². The summed E-state index contributed by atoms with van der Waals surface area (Å²) in [5.41, 5.74) is 1.21. The van der Waals surface area contributed by atoms with Crippen LogP contribution < -0.4 is 5.32 Å². The Kier molecular flexibility index (Phi) is 3.33. The molecular formula is C15H19NOS. The van der Waals surface area contributed by atoms with Crippen LogP contribution in [0.2, 0.25) is 0 Å². The largest absolute Gasteiger partial charge is 0.353 e. The van der Waals surface area contributed by atoms with Crippen molar-refractivity contribution < 1.29 is 4.79 Å². The molecule has 0 saturated heterocycles. The van der Waals surface area contributed by atoms with Gasteiger partial charge < -0.3 is 5.32 Å². The van der Waals surface area contributed by atoms with Gasteiger partial charge in [0.05, 0.1) is 5.92 Å². The van der Waals surface area contributed by atoms with Gasteiger partial charge in [-0.3, -0.25) is 4.79 Å². The van der Waals surface area contributed by atoms with Gasteiger partial charge in [-0.1, -0.05) is 25.1 Å². The predicted octanol–water partition coefficient (Wildman–Crippen LogP) is 3.18. The van der Waals surface area contributed by atoms with E-state index in [-0.39, 0.29) is 11.8 Å². The molecule has 0 aromatic heterocycles. The maximum Gasteiger partial charge on any atom is 0.228 e. The van der Waals surface area contributed by atoms with Crippen LogP contribution in [0.15, 0.2) is 29.2 Å². The number of hydrogen-bond donors (Lipinski definition) is 1. The smallest absolute Gasteiger partial charge is 0.228 e. The Morgan fingerprint density at radius 1 is 1.33 bits per heavy atom. The van der Waals surface area contributed by atoms with Crippen LogP contribution in [0.4, 0.5) is 0 Å². The molecule has 3 heteroatoms. The summed E-state index contributed by atoms with van der Waals surface area (Å²) in [6.07, 6.45) is 3.54. The zero-order valence-corrected chi connectivity index (χ0v) is 11.5. The minimum absolute atomic E-state index is 0.0575. The lowest BCUT2D eigenvalue weighted by Crippen LogP contribution is -2.36. The first-order chi connectivity index (χ1) is 8.74. The lowest BCUT2D eigenvalue weighted by molar-refractivity contribution is -0.122. The Bertz CT molecular complexity index is 460. The molecule has 1 aromatic carbocycles. The molecular weight excluding hydrogens is 242 g/mol. The molecule has 18 heavy (non-hydrogen) atoms. The van der Waals surface area contributed by atoms with Gasteiger partial charge in [-0.15, -0.1) is 11.8 Å². The minimum Gasteiger partial charge on any atom is -0.353 e. The van der Waals surface area contributed by atoms with Crippen molar-refractivity contribution in [1.29, 1.82) is 0 Å². The van der Waals surface area contributed by atoms with E-state index in [1.54, 1.807) is 11.8 Å². The third kappa shape index (κ3) is 2.28. The third-order valence-corrected chi connectivity index (χ3v) is 5.24. The Morgan fingerprint density at radius 3 is 2.94 bits per heavy atom. The number of fused-ring (bicyclic) bond motifs is 1. The summed E-state index contributed by atoms with van der Waals surface area (Å²) in [6, 6.07) is 8.69. The normalized spacial score (nSPS) is 30.2. The van der Waals surface area contributed by atoms with Gasteiger partial charge in [0.25, 0.3) is 0 Å². The fourth-order valence-corrected chi connectivity index (χ4v) is 4.25. The first-order valence-electron chi connectivity index (χ1n) is 6.76. The van der Waals surface area contributed by atoms with Crippen molar-refractivity contribution in [3.05, 3.63) is 29.8 Å². The Labute approximate surface area is 113 Å². The van der Waals surface area contributed by atoms with E-state index >= 15 is 0 Å². The number of benzene rings is 1. The van der Waals surface area contributed by atoms with E-state index in [4.69, 9.17) is 0 Å². The van der Waals surface area contributed by atoms with Crippen molar-refractivity contribution in [2.45, 2.75) is 43.0 Å². The highest BCUT2D eigenvalue weighted by Gasteiger charge is 2.31. The van der Waals surface area contributed by atoms with Gasteiger partial charge in [-0.25, -0.2) is 0 Å². The van der Waals surface area contributed by atoms with Crippen molar-refractivity contribution in [3.8, 4) is 0 Å². The monoisotopic (exact) mass is 261 g/mol. The molecule has 1 saturated carbocycles. The van der Waals surface area contributed by atoms with E-state index in [2.05, 4.69) is 24.4 Å². The number of hydrogen-bond acceptors (Lipinski definition) is 2. The van der Waals surface area contributed by atoms with E-state index in [0.717, 1.165) is 24.5 Å². The zero-order valence-electron chi connectivity index (χ0n) is 10.7. The van der Waals surface area contributed by atoms with Crippen molar-refractivity contribution in [1.82, 2.24) is 5.32 Å². The maximum absolute atomic E-state index is 12.3. The van der Waals surface area contributed by atoms with Gasteiger partial charge in [0.2, 0.25) is 5.91 Å². The van der Waals surface area contributed by atoms with Crippen molar-refractivity contribution in [3.63, 3.8) is 0 Å². The van der Waals surface area contributed by atoms with Crippen LogP contribution in [0.5, 0.6) is 0 Å². The molecule has 2 nitrogen and oxygen atoms in total. The van der Waals surface area contributed by atoms with E-state index in [9.17, 15) is 4.79 Å². The van der Waals surface area contributed by atoms with Crippen molar-refractivity contribution in [2.24, 2.45) is 5.92 Å². The summed E-state index contributed by atoms with van der Waals surface area (Å²) < 4.78 is 0. The fraction of sp³-hybridized carbons (Fsp3) is 0.533. The van der Waals surface area contributed by atoms with Gasteiger partial charge >= 0.3 is 0 Å². The second kappa shape index (κ2) is 4.96. The SMILES string of the molecule is CC1CCC(NC(=O)C2CSc3ccccc32)C1. The molecule has 3 rings (SSSR count). The van der Waals surface area contributed by atoms with E-state index in [1.807, 2.05) is 12.1 Å². The molecule has 0 spiro atoms. The Morgan fingerprint density at radius 2 is 2.17 bits per heavy atom. The minimum atomic E-state index is 0.0575. The second-order valence-electron chi connectivity index (χ2n) is 5.53. The molecule has 1 aliphatic carbocycles. The Balaban J connectivity index is 1.67. The summed E-state index contributed by atoms with van der Waals surface area (Å²) >= 11 is 1.80. The van der Waals surface area contributed by atoms with E-state index < -0.39 is 0 Å². The molecule has 1 aliphatic heterocycles. The van der Waals surface area contributed by atoms with Crippen LogP contribution in [0.1, 0.15) is 37.7 Å². The molecule has 1 N–H and O–H groups in total. The lowest BCUT2D eigenvalue weighted by Gasteiger charge is -2.16. The summed E-state index contributed by atoms with van der Waals surface area (Å²) in [5.74, 6) is 1.95. The van der Waals surface area contributed by atoms with Crippen molar-refractivity contribution >= 4 is 17.7 Å². The summed E-state index contributed by atoms with van der Waals surface area (Å²) in [6.45, 7) is 2.27. The van der Waals surface area contributed by atoms with Gasteiger partial charge in [0.15, 0.2) is 0 Å². The second-order valence-corrected chi connectivity index (χ2v) is 6.59. The van der Waals surface area contributed by atoms with E-state index in [0.29, 0.717) is 6.04 Å². The summed E-state index contributed by atoms with van der Waals surface area (Å²) in [7, 11) is 0. The number of amides is 1. The zero-order chi connectivity index (χ0) is 12.5. The summed E-state index contributed by atoms with van der Waals surface area (Å²) in [5, 5.41) is 3.24. The highest BCUT2D eigenvalue weighted by Crippen LogP contribution is 2.39. The molecule has 3 unspecified atom stereocenters. The number of carbonyl (C=O) groups is 1. The van der Waals surface area contributed by atoms with E-state index in [1.165, 1.54) is 16.9 Å². The van der Waals surface area contributed by atoms with Crippen LogP contribution in [0.25, 0.3) is 0 Å². The average molecular weight is 261 g/mol. The van der Waals surface area contributed by atoms with Crippen LogP contribution >= 0.6 is 11.8 Å². The molecule has 1 aromatic rings. The van der Waals surface area contributed by atoms with Crippen LogP contribution in [-0.2, 0) is 4.79 Å². The number of thioether (sulfide) groups is 1. The topological polar surface area (TPSA) is 29.1 Å². The molecule has 1 fully saturated rings. The van der Waals surface area contributed by atoms with Gasteiger partial charge in [-0.05, 0) is 36.8 Å². The first-order valence-corrected chi connectivity index (χ1v) is 7.74. The Hall–Kier alpha value is -0.960. The number of rotatable bonds is 2. The third-order valence-electron chi connectivity index (χ3n) is 4.06. The van der Waals surface area contributed by atoms with Gasteiger partial charge in [0, 0.05) is 16.7 Å². The highest BCUT2D eigenvalue weighted by atomic mass is 32.2. The number of nitrogens with one attached hydrogen (secondary N) is 1. The molecule has 96 valence electrons. The number of carbonyl (C=O) groups excluding carboxylic acids is 1. The van der Waals surface area contributed by atoms with Crippen LogP contribution in [0, 0.1) is 5.92 Å². The first kappa shape index (κ1) is 12.1.